The van der Waals surface area contributed by atoms with Gasteiger partial charge in [0.2, 0.25) is 5.69 Å². The van der Waals surface area contributed by atoms with Gasteiger partial charge in [0.15, 0.2) is 0 Å². The Hall–Kier alpha value is -6.57. The highest BCUT2D eigenvalue weighted by Crippen LogP contribution is 2.48. The highest BCUT2D eigenvalue weighted by atomic mass is 16.3. The standard InChI is InChI=1S/C43H25N3O/c1-44-40-39(45-35-22-9-5-16-29(35)30-17-6-10-23-36(30)45)26-34-33-21-13-20-28(27-14-3-2-4-15-27)42(33)47-43(34)41(40)46-37-24-11-7-18-31(37)32-19-8-12-25-38(32)46/h2-26H. The first-order valence-electron chi connectivity index (χ1n) is 15.7. The molecule has 0 fully saturated rings. The van der Waals surface area contributed by atoms with Crippen LogP contribution in [0.25, 0.3) is 92.9 Å². The number of aromatic nitrogens is 2. The molecule has 10 aromatic rings. The molecule has 10 rings (SSSR count). The van der Waals surface area contributed by atoms with E-state index in [1.54, 1.807) is 0 Å². The quantitative estimate of drug-likeness (QED) is 0.186. The summed E-state index contributed by atoms with van der Waals surface area (Å²) in [4.78, 5) is 4.36. The van der Waals surface area contributed by atoms with Crippen LogP contribution in [0.2, 0.25) is 0 Å². The van der Waals surface area contributed by atoms with Crippen LogP contribution in [0.4, 0.5) is 5.69 Å². The molecule has 0 aliphatic heterocycles. The zero-order chi connectivity index (χ0) is 31.1. The van der Waals surface area contributed by atoms with E-state index in [0.29, 0.717) is 11.3 Å². The molecule has 0 saturated heterocycles. The van der Waals surface area contributed by atoms with Gasteiger partial charge >= 0.3 is 0 Å². The monoisotopic (exact) mass is 599 g/mol. The maximum Gasteiger partial charge on any atom is 0.237 e. The molecule has 4 heteroatoms. The van der Waals surface area contributed by atoms with Crippen LogP contribution >= 0.6 is 0 Å². The molecule has 3 aromatic heterocycles. The van der Waals surface area contributed by atoms with Crippen molar-refractivity contribution in [2.45, 2.75) is 0 Å². The first kappa shape index (κ1) is 25.7. The smallest absolute Gasteiger partial charge is 0.237 e. The van der Waals surface area contributed by atoms with Gasteiger partial charge in [-0.1, -0.05) is 121 Å². The number of benzene rings is 7. The van der Waals surface area contributed by atoms with Crippen molar-refractivity contribution in [2.75, 3.05) is 0 Å². The Morgan fingerprint density at radius 3 is 1.49 bits per heavy atom. The van der Waals surface area contributed by atoms with Crippen molar-refractivity contribution in [2.24, 2.45) is 0 Å². The van der Waals surface area contributed by atoms with E-state index >= 15 is 0 Å². The van der Waals surface area contributed by atoms with Gasteiger partial charge < -0.3 is 13.6 Å². The van der Waals surface area contributed by atoms with Crippen molar-refractivity contribution in [1.82, 2.24) is 9.13 Å². The van der Waals surface area contributed by atoms with Crippen LogP contribution in [0, 0.1) is 6.57 Å². The van der Waals surface area contributed by atoms with Crippen LogP contribution in [-0.4, -0.2) is 9.13 Å². The average Bonchev–Trinajstić information content (AvgIpc) is 3.79. The molecule has 0 aliphatic rings. The second-order valence-corrected chi connectivity index (χ2v) is 12.0. The van der Waals surface area contributed by atoms with Crippen LogP contribution in [-0.2, 0) is 0 Å². The van der Waals surface area contributed by atoms with Crippen LogP contribution in [0.5, 0.6) is 0 Å². The van der Waals surface area contributed by atoms with Crippen molar-refractivity contribution in [3.8, 4) is 22.5 Å². The predicted molar refractivity (Wildman–Crippen MR) is 194 cm³/mol. The molecule has 0 radical (unpaired) electrons. The molecule has 218 valence electrons. The molecule has 0 spiro atoms. The molecule has 47 heavy (non-hydrogen) atoms. The fourth-order valence-electron chi connectivity index (χ4n) is 7.57. The van der Waals surface area contributed by atoms with Crippen molar-refractivity contribution in [3.63, 3.8) is 0 Å². The molecule has 0 bridgehead atoms. The predicted octanol–water partition coefficient (Wildman–Crippen LogP) is 12.0. The minimum atomic E-state index is 0.538. The Kier molecular flexibility index (Phi) is 5.32. The van der Waals surface area contributed by atoms with Crippen LogP contribution in [0.3, 0.4) is 0 Å². The molecule has 0 saturated carbocycles. The Bertz CT molecular complexity index is 2810. The highest BCUT2D eigenvalue weighted by molar-refractivity contribution is 6.18. The molecule has 0 atom stereocenters. The van der Waals surface area contributed by atoms with Gasteiger partial charge in [0, 0.05) is 37.9 Å². The summed E-state index contributed by atoms with van der Waals surface area (Å²) in [5.74, 6) is 0. The lowest BCUT2D eigenvalue weighted by molar-refractivity contribution is 0.667. The van der Waals surface area contributed by atoms with Gasteiger partial charge in [-0.3, -0.25) is 0 Å². The molecular formula is C43H25N3O. The summed E-state index contributed by atoms with van der Waals surface area (Å²) in [5, 5.41) is 6.56. The van der Waals surface area contributed by atoms with Gasteiger partial charge in [0.25, 0.3) is 0 Å². The van der Waals surface area contributed by atoms with E-state index in [2.05, 4.69) is 160 Å². The summed E-state index contributed by atoms with van der Waals surface area (Å²) in [6, 6.07) is 52.7. The Morgan fingerprint density at radius 2 is 0.936 bits per heavy atom. The summed E-state index contributed by atoms with van der Waals surface area (Å²) in [7, 11) is 0. The minimum absolute atomic E-state index is 0.538. The fraction of sp³-hybridized carbons (Fsp3) is 0. The maximum absolute atomic E-state index is 8.81. The topological polar surface area (TPSA) is 27.4 Å². The number of hydrogen-bond acceptors (Lipinski definition) is 1. The lowest BCUT2D eigenvalue weighted by Crippen LogP contribution is -2.00. The van der Waals surface area contributed by atoms with Gasteiger partial charge in [0.1, 0.15) is 11.2 Å². The van der Waals surface area contributed by atoms with E-state index in [1.165, 1.54) is 0 Å². The summed E-state index contributed by atoms with van der Waals surface area (Å²) in [5.41, 5.74) is 9.92. The van der Waals surface area contributed by atoms with Crippen molar-refractivity contribution < 1.29 is 4.42 Å². The number of nitrogens with zero attached hydrogens (tertiary/aromatic N) is 3. The van der Waals surface area contributed by atoms with Crippen molar-refractivity contribution in [1.29, 1.82) is 0 Å². The lowest BCUT2D eigenvalue weighted by Gasteiger charge is -2.17. The van der Waals surface area contributed by atoms with E-state index in [4.69, 9.17) is 11.0 Å². The zero-order valence-corrected chi connectivity index (χ0v) is 25.2. The minimum Gasteiger partial charge on any atom is -0.455 e. The molecule has 0 unspecified atom stereocenters. The molecular weight excluding hydrogens is 574 g/mol. The second kappa shape index (κ2) is 9.71. The van der Waals surface area contributed by atoms with Crippen LogP contribution in [0.15, 0.2) is 156 Å². The third-order valence-corrected chi connectivity index (χ3v) is 9.54. The average molecular weight is 600 g/mol. The first-order valence-corrected chi connectivity index (χ1v) is 15.7. The van der Waals surface area contributed by atoms with Crippen molar-refractivity contribution >= 4 is 71.2 Å². The summed E-state index contributed by atoms with van der Waals surface area (Å²) in [6.45, 7) is 8.81. The van der Waals surface area contributed by atoms with Crippen molar-refractivity contribution in [3.05, 3.63) is 163 Å². The van der Waals surface area contributed by atoms with E-state index in [-0.39, 0.29) is 0 Å². The molecule has 0 aliphatic carbocycles. The van der Waals surface area contributed by atoms with E-state index in [1.807, 2.05) is 6.07 Å². The molecule has 4 nitrogen and oxygen atoms in total. The third-order valence-electron chi connectivity index (χ3n) is 9.54. The van der Waals surface area contributed by atoms with Gasteiger partial charge in [-0.25, -0.2) is 4.85 Å². The number of para-hydroxylation sites is 5. The highest BCUT2D eigenvalue weighted by Gasteiger charge is 2.27. The Labute approximate surface area is 269 Å². The van der Waals surface area contributed by atoms with Crippen LogP contribution < -0.4 is 0 Å². The molecule has 0 N–H and O–H groups in total. The summed E-state index contributed by atoms with van der Waals surface area (Å²) in [6.07, 6.45) is 0. The number of fused-ring (bicyclic) bond motifs is 9. The number of furan rings is 1. The largest absolute Gasteiger partial charge is 0.455 e. The lowest BCUT2D eigenvalue weighted by atomic mass is 10.0. The Morgan fingerprint density at radius 1 is 0.447 bits per heavy atom. The van der Waals surface area contributed by atoms with E-state index in [0.717, 1.165) is 82.5 Å². The first-order chi connectivity index (χ1) is 23.3. The molecule has 7 aromatic carbocycles. The van der Waals surface area contributed by atoms with E-state index < -0.39 is 0 Å². The summed E-state index contributed by atoms with van der Waals surface area (Å²) >= 11 is 0. The maximum atomic E-state index is 8.81. The fourth-order valence-corrected chi connectivity index (χ4v) is 7.57. The summed E-state index contributed by atoms with van der Waals surface area (Å²) < 4.78 is 11.5. The van der Waals surface area contributed by atoms with Gasteiger partial charge in [0.05, 0.1) is 40.0 Å². The molecule has 0 amide bonds. The van der Waals surface area contributed by atoms with Crippen LogP contribution in [0.1, 0.15) is 0 Å². The number of rotatable bonds is 3. The molecule has 3 heterocycles. The number of hydrogen-bond donors (Lipinski definition) is 0. The van der Waals surface area contributed by atoms with Gasteiger partial charge in [-0.15, -0.1) is 0 Å². The SMILES string of the molecule is [C-]#[N+]c1c(-n2c3ccccc3c3ccccc32)cc2c(oc3c(-c4ccccc4)cccc32)c1-n1c2ccccc2c2ccccc21. The van der Waals surface area contributed by atoms with E-state index in [9.17, 15) is 0 Å². The normalized spacial score (nSPS) is 11.8. The second-order valence-electron chi connectivity index (χ2n) is 12.0. The zero-order valence-electron chi connectivity index (χ0n) is 25.2. The third kappa shape index (κ3) is 3.51. The Balaban J connectivity index is 1.45. The van der Waals surface area contributed by atoms with Gasteiger partial charge in [-0.05, 0) is 35.9 Å². The van der Waals surface area contributed by atoms with Gasteiger partial charge in [-0.2, -0.15) is 0 Å².